The van der Waals surface area contributed by atoms with Crippen LogP contribution in [0, 0.1) is 0 Å². The maximum absolute atomic E-state index is 12.6. The maximum atomic E-state index is 12.6. The number of pyridine rings is 1. The van der Waals surface area contributed by atoms with Crippen molar-refractivity contribution in [3.05, 3.63) is 72.4 Å². The second kappa shape index (κ2) is 10.6. The van der Waals surface area contributed by atoms with Crippen molar-refractivity contribution in [3.8, 4) is 11.6 Å². The number of sulfonamides is 1. The van der Waals surface area contributed by atoms with Gasteiger partial charge in [-0.3, -0.25) is 14.3 Å². The summed E-state index contributed by atoms with van der Waals surface area (Å²) < 4.78 is 33.3. The third-order valence-corrected chi connectivity index (χ3v) is 5.75. The second-order valence-electron chi connectivity index (χ2n) is 7.08. The van der Waals surface area contributed by atoms with Crippen molar-refractivity contribution in [3.63, 3.8) is 0 Å². The standard InChI is InChI=1S/C23H24N4O5S/c1-3-14-24-23(29)17-4-13-22(25-15-17)32-20-9-5-19(6-10-20)27-33(30,31)21-11-7-18(8-12-21)26-16(2)28/h4-13,15,27H,3,14H2,1-2H3,(H,24,29)(H,26,28). The molecule has 0 unspecified atom stereocenters. The molecule has 0 fully saturated rings. The Labute approximate surface area is 192 Å². The molecule has 9 nitrogen and oxygen atoms in total. The minimum Gasteiger partial charge on any atom is -0.439 e. The number of aromatic nitrogens is 1. The highest BCUT2D eigenvalue weighted by molar-refractivity contribution is 7.92. The van der Waals surface area contributed by atoms with Gasteiger partial charge >= 0.3 is 0 Å². The summed E-state index contributed by atoms with van der Waals surface area (Å²) in [5, 5.41) is 5.35. The Bertz CT molecular complexity index is 1210. The molecule has 2 aromatic carbocycles. The van der Waals surface area contributed by atoms with Crippen molar-refractivity contribution in [2.45, 2.75) is 25.2 Å². The largest absolute Gasteiger partial charge is 0.439 e. The van der Waals surface area contributed by atoms with Gasteiger partial charge < -0.3 is 15.4 Å². The molecule has 3 N–H and O–H groups in total. The number of ether oxygens (including phenoxy) is 1. The average molecular weight is 469 g/mol. The number of carbonyl (C=O) groups is 2. The van der Waals surface area contributed by atoms with Crippen LogP contribution in [-0.2, 0) is 14.8 Å². The monoisotopic (exact) mass is 468 g/mol. The Morgan fingerprint density at radius 3 is 2.18 bits per heavy atom. The van der Waals surface area contributed by atoms with Gasteiger partial charge in [0.1, 0.15) is 5.75 Å². The van der Waals surface area contributed by atoms with E-state index >= 15 is 0 Å². The molecule has 172 valence electrons. The topological polar surface area (TPSA) is 126 Å². The van der Waals surface area contributed by atoms with Gasteiger partial charge in [-0.15, -0.1) is 0 Å². The molecule has 33 heavy (non-hydrogen) atoms. The zero-order chi connectivity index (χ0) is 23.8. The predicted molar refractivity (Wildman–Crippen MR) is 125 cm³/mol. The van der Waals surface area contributed by atoms with Crippen LogP contribution in [0.4, 0.5) is 11.4 Å². The van der Waals surface area contributed by atoms with Crippen molar-refractivity contribution in [1.82, 2.24) is 10.3 Å². The number of hydrogen-bond donors (Lipinski definition) is 3. The third-order valence-electron chi connectivity index (χ3n) is 4.35. The summed E-state index contributed by atoms with van der Waals surface area (Å²) >= 11 is 0. The molecule has 0 bridgehead atoms. The molecular formula is C23H24N4O5S. The Morgan fingerprint density at radius 1 is 0.939 bits per heavy atom. The first kappa shape index (κ1) is 23.7. The number of rotatable bonds is 9. The second-order valence-corrected chi connectivity index (χ2v) is 8.76. The van der Waals surface area contributed by atoms with Gasteiger partial charge in [0.2, 0.25) is 11.8 Å². The lowest BCUT2D eigenvalue weighted by Crippen LogP contribution is -2.23. The fraction of sp³-hybridized carbons (Fsp3) is 0.174. The summed E-state index contributed by atoms with van der Waals surface area (Å²) in [5.41, 5.74) is 1.29. The van der Waals surface area contributed by atoms with Crippen LogP contribution >= 0.6 is 0 Å². The summed E-state index contributed by atoms with van der Waals surface area (Å²) in [7, 11) is -3.80. The molecule has 0 spiro atoms. The minimum atomic E-state index is -3.80. The highest BCUT2D eigenvalue weighted by Crippen LogP contribution is 2.24. The van der Waals surface area contributed by atoms with Crippen molar-refractivity contribution >= 4 is 33.2 Å². The van der Waals surface area contributed by atoms with Gasteiger partial charge in [0, 0.05) is 37.1 Å². The van der Waals surface area contributed by atoms with Crippen LogP contribution in [0.15, 0.2) is 71.8 Å². The molecule has 0 saturated heterocycles. The molecule has 0 aliphatic rings. The van der Waals surface area contributed by atoms with Crippen LogP contribution in [0.5, 0.6) is 11.6 Å². The Hall–Kier alpha value is -3.92. The molecule has 1 heterocycles. The summed E-state index contributed by atoms with van der Waals surface area (Å²) in [6, 6.07) is 15.4. The first-order valence-electron chi connectivity index (χ1n) is 10.2. The Morgan fingerprint density at radius 2 is 1.61 bits per heavy atom. The van der Waals surface area contributed by atoms with E-state index < -0.39 is 10.0 Å². The van der Waals surface area contributed by atoms with Crippen LogP contribution in [0.25, 0.3) is 0 Å². The fourth-order valence-electron chi connectivity index (χ4n) is 2.76. The normalized spacial score (nSPS) is 10.8. The van der Waals surface area contributed by atoms with Crippen molar-refractivity contribution in [2.24, 2.45) is 0 Å². The molecule has 3 rings (SSSR count). The van der Waals surface area contributed by atoms with Gasteiger partial charge in [-0.2, -0.15) is 0 Å². The first-order valence-corrected chi connectivity index (χ1v) is 11.7. The number of anilines is 2. The van der Waals surface area contributed by atoms with Crippen LogP contribution in [0.2, 0.25) is 0 Å². The molecule has 0 atom stereocenters. The van der Waals surface area contributed by atoms with Crippen molar-refractivity contribution in [2.75, 3.05) is 16.6 Å². The average Bonchev–Trinajstić information content (AvgIpc) is 2.79. The zero-order valence-electron chi connectivity index (χ0n) is 18.2. The highest BCUT2D eigenvalue weighted by atomic mass is 32.2. The SMILES string of the molecule is CCCNC(=O)c1ccc(Oc2ccc(NS(=O)(=O)c3ccc(NC(C)=O)cc3)cc2)nc1. The van der Waals surface area contributed by atoms with E-state index in [1.807, 2.05) is 6.92 Å². The Balaban J connectivity index is 1.61. The van der Waals surface area contributed by atoms with E-state index in [1.54, 1.807) is 36.4 Å². The smallest absolute Gasteiger partial charge is 0.261 e. The quantitative estimate of drug-likeness (QED) is 0.439. The van der Waals surface area contributed by atoms with E-state index in [9.17, 15) is 18.0 Å². The summed E-state index contributed by atoms with van der Waals surface area (Å²) in [6.07, 6.45) is 2.28. The number of nitrogens with zero attached hydrogens (tertiary/aromatic N) is 1. The molecule has 3 aromatic rings. The van der Waals surface area contributed by atoms with Gasteiger partial charge in [-0.1, -0.05) is 6.92 Å². The minimum absolute atomic E-state index is 0.0594. The first-order chi connectivity index (χ1) is 15.8. The molecule has 1 aromatic heterocycles. The fourth-order valence-corrected chi connectivity index (χ4v) is 3.82. The maximum Gasteiger partial charge on any atom is 0.261 e. The highest BCUT2D eigenvalue weighted by Gasteiger charge is 2.14. The summed E-state index contributed by atoms with van der Waals surface area (Å²) in [4.78, 5) is 27.2. The third kappa shape index (κ3) is 6.78. The van der Waals surface area contributed by atoms with E-state index in [-0.39, 0.29) is 16.7 Å². The van der Waals surface area contributed by atoms with Crippen molar-refractivity contribution < 1.29 is 22.7 Å². The Kier molecular flexibility index (Phi) is 7.62. The van der Waals surface area contributed by atoms with Crippen LogP contribution in [0.1, 0.15) is 30.6 Å². The number of carbonyl (C=O) groups excluding carboxylic acids is 2. The lowest BCUT2D eigenvalue weighted by molar-refractivity contribution is -0.114. The molecule has 0 saturated carbocycles. The van der Waals surface area contributed by atoms with Gasteiger partial charge in [0.25, 0.3) is 15.9 Å². The lowest BCUT2D eigenvalue weighted by Gasteiger charge is -2.10. The molecule has 0 radical (unpaired) electrons. The lowest BCUT2D eigenvalue weighted by atomic mass is 10.2. The van der Waals surface area contributed by atoms with Crippen molar-refractivity contribution in [1.29, 1.82) is 0 Å². The van der Waals surface area contributed by atoms with Crippen LogP contribution in [0.3, 0.4) is 0 Å². The number of amides is 2. The number of benzene rings is 2. The van der Waals surface area contributed by atoms with Gasteiger partial charge in [-0.05, 0) is 61.0 Å². The molecule has 0 aliphatic carbocycles. The van der Waals surface area contributed by atoms with Crippen LogP contribution in [-0.4, -0.2) is 31.8 Å². The molecule has 2 amide bonds. The molecule has 10 heteroatoms. The number of nitrogens with one attached hydrogen (secondary N) is 3. The van der Waals surface area contributed by atoms with Gasteiger partial charge in [-0.25, -0.2) is 13.4 Å². The zero-order valence-corrected chi connectivity index (χ0v) is 19.0. The molecular weight excluding hydrogens is 444 g/mol. The summed E-state index contributed by atoms with van der Waals surface area (Å²) in [5.74, 6) is 0.315. The van der Waals surface area contributed by atoms with E-state index in [2.05, 4.69) is 20.3 Å². The van der Waals surface area contributed by atoms with Gasteiger partial charge in [0.05, 0.1) is 10.5 Å². The van der Waals surface area contributed by atoms with E-state index in [0.29, 0.717) is 35.1 Å². The van der Waals surface area contributed by atoms with E-state index in [1.165, 1.54) is 37.4 Å². The van der Waals surface area contributed by atoms with Crippen LogP contribution < -0.4 is 20.1 Å². The van der Waals surface area contributed by atoms with E-state index in [4.69, 9.17) is 4.74 Å². The van der Waals surface area contributed by atoms with Gasteiger partial charge in [0.15, 0.2) is 0 Å². The number of hydrogen-bond acceptors (Lipinski definition) is 6. The van der Waals surface area contributed by atoms with E-state index in [0.717, 1.165) is 6.42 Å². The predicted octanol–water partition coefficient (Wildman–Crippen LogP) is 3.77. The molecule has 0 aliphatic heterocycles. The summed E-state index contributed by atoms with van der Waals surface area (Å²) in [6.45, 7) is 3.94.